The van der Waals surface area contributed by atoms with Crippen LogP contribution in [0.25, 0.3) is 0 Å². The molecule has 0 radical (unpaired) electrons. The highest BCUT2D eigenvalue weighted by atomic mass is 16.2. The topological polar surface area (TPSA) is 62.3 Å². The van der Waals surface area contributed by atoms with Crippen LogP contribution in [0.3, 0.4) is 0 Å². The molecule has 1 atom stereocenters. The van der Waals surface area contributed by atoms with Crippen molar-refractivity contribution >= 4 is 17.5 Å². The maximum atomic E-state index is 12.4. The lowest BCUT2D eigenvalue weighted by atomic mass is 9.95. The van der Waals surface area contributed by atoms with Crippen molar-refractivity contribution in [2.45, 2.75) is 51.5 Å². The van der Waals surface area contributed by atoms with Crippen LogP contribution in [0.5, 0.6) is 0 Å². The van der Waals surface area contributed by atoms with Crippen molar-refractivity contribution in [3.8, 4) is 0 Å². The molecule has 22 heavy (non-hydrogen) atoms. The molecule has 3 rings (SSSR count). The van der Waals surface area contributed by atoms with Gasteiger partial charge in [-0.05, 0) is 38.3 Å². The normalized spacial score (nSPS) is 22.9. The number of amides is 2. The number of rotatable bonds is 3. The van der Waals surface area contributed by atoms with Gasteiger partial charge in [0.05, 0.1) is 17.8 Å². The molecule has 5 heteroatoms. The van der Waals surface area contributed by atoms with Gasteiger partial charge in [0.2, 0.25) is 11.8 Å². The summed E-state index contributed by atoms with van der Waals surface area (Å²) in [5, 5.41) is 2.93. The molecule has 118 valence electrons. The van der Waals surface area contributed by atoms with E-state index in [0.717, 1.165) is 24.2 Å². The maximum absolute atomic E-state index is 12.4. The molecule has 2 heterocycles. The molecule has 2 fully saturated rings. The molecular weight excluding hydrogens is 278 g/mol. The molecule has 2 amide bonds. The molecule has 1 N–H and O–H groups in total. The number of hydrogen-bond acceptors (Lipinski definition) is 3. The van der Waals surface area contributed by atoms with Gasteiger partial charge in [-0.25, -0.2) is 0 Å². The zero-order chi connectivity index (χ0) is 15.5. The van der Waals surface area contributed by atoms with Gasteiger partial charge < -0.3 is 10.2 Å². The van der Waals surface area contributed by atoms with Gasteiger partial charge in [0.15, 0.2) is 0 Å². The minimum absolute atomic E-state index is 0.00106. The van der Waals surface area contributed by atoms with E-state index in [4.69, 9.17) is 0 Å². The van der Waals surface area contributed by atoms with Crippen LogP contribution in [-0.2, 0) is 9.59 Å². The summed E-state index contributed by atoms with van der Waals surface area (Å²) >= 11 is 0. The van der Waals surface area contributed by atoms with Crippen molar-refractivity contribution in [1.29, 1.82) is 0 Å². The predicted octanol–water partition coefficient (Wildman–Crippen LogP) is 2.51. The Labute approximate surface area is 131 Å². The van der Waals surface area contributed by atoms with E-state index in [9.17, 15) is 9.59 Å². The van der Waals surface area contributed by atoms with E-state index >= 15 is 0 Å². The van der Waals surface area contributed by atoms with Crippen molar-refractivity contribution < 1.29 is 9.59 Å². The lowest BCUT2D eigenvalue weighted by molar-refractivity contribution is -0.139. The second-order valence-electron chi connectivity index (χ2n) is 6.40. The minimum atomic E-state index is -0.111. The third-order valence-electron chi connectivity index (χ3n) is 4.76. The Morgan fingerprint density at radius 2 is 2.05 bits per heavy atom. The predicted molar refractivity (Wildman–Crippen MR) is 84.3 cm³/mol. The van der Waals surface area contributed by atoms with Crippen LogP contribution in [0.4, 0.5) is 5.69 Å². The van der Waals surface area contributed by atoms with Crippen molar-refractivity contribution in [1.82, 2.24) is 9.88 Å². The summed E-state index contributed by atoms with van der Waals surface area (Å²) in [7, 11) is 0. The van der Waals surface area contributed by atoms with Crippen LogP contribution < -0.4 is 5.32 Å². The number of hydrogen-bond donors (Lipinski definition) is 1. The number of aryl methyl sites for hydroxylation is 1. The molecule has 2 aliphatic rings. The highest BCUT2D eigenvalue weighted by molar-refractivity contribution is 5.94. The summed E-state index contributed by atoms with van der Waals surface area (Å²) in [4.78, 5) is 30.7. The number of nitrogens with zero attached hydrogens (tertiary/aromatic N) is 2. The number of aromatic nitrogens is 1. The van der Waals surface area contributed by atoms with Gasteiger partial charge >= 0.3 is 0 Å². The molecule has 0 unspecified atom stereocenters. The fourth-order valence-electron chi connectivity index (χ4n) is 3.44. The average molecular weight is 301 g/mol. The number of piperidine rings is 1. The number of carbonyl (C=O) groups is 2. The van der Waals surface area contributed by atoms with Gasteiger partial charge in [-0.3, -0.25) is 14.6 Å². The first-order valence-corrected chi connectivity index (χ1v) is 8.16. The Hall–Kier alpha value is -1.91. The van der Waals surface area contributed by atoms with Crippen LogP contribution in [0.1, 0.15) is 44.2 Å². The summed E-state index contributed by atoms with van der Waals surface area (Å²) < 4.78 is 0. The van der Waals surface area contributed by atoms with Crippen molar-refractivity contribution in [2.75, 3.05) is 11.9 Å². The number of nitrogens with one attached hydrogen (secondary N) is 1. The fourth-order valence-corrected chi connectivity index (χ4v) is 3.44. The minimum Gasteiger partial charge on any atom is -0.339 e. The molecule has 1 aliphatic carbocycles. The number of pyridine rings is 1. The van der Waals surface area contributed by atoms with Crippen LogP contribution >= 0.6 is 0 Å². The van der Waals surface area contributed by atoms with Crippen molar-refractivity contribution in [2.24, 2.45) is 5.92 Å². The van der Waals surface area contributed by atoms with E-state index < -0.39 is 0 Å². The summed E-state index contributed by atoms with van der Waals surface area (Å²) in [6.45, 7) is 2.48. The summed E-state index contributed by atoms with van der Waals surface area (Å²) in [6.07, 6.45) is 7.37. The van der Waals surface area contributed by atoms with Gasteiger partial charge in [0.25, 0.3) is 0 Å². The molecule has 1 aromatic heterocycles. The highest BCUT2D eigenvalue weighted by Crippen LogP contribution is 2.29. The lowest BCUT2D eigenvalue weighted by Gasteiger charge is -2.36. The first kappa shape index (κ1) is 15.0. The van der Waals surface area contributed by atoms with Crippen molar-refractivity contribution in [3.63, 3.8) is 0 Å². The fraction of sp³-hybridized carbons (Fsp3) is 0.588. The van der Waals surface area contributed by atoms with E-state index in [1.54, 1.807) is 6.20 Å². The Morgan fingerprint density at radius 3 is 2.73 bits per heavy atom. The van der Waals surface area contributed by atoms with Crippen molar-refractivity contribution in [3.05, 3.63) is 24.0 Å². The molecule has 1 saturated heterocycles. The standard InChI is InChI=1S/C17H23N3O2/c1-12-6-8-14(10-18-12)19-17(22)13-7-9-16(21)20(11-13)15-4-2-3-5-15/h6,8,10,13,15H,2-5,7,9,11H2,1H3,(H,19,22)/t13-/m0/s1. The van der Waals surface area contributed by atoms with E-state index in [1.165, 1.54) is 12.8 Å². The molecule has 1 aromatic rings. The van der Waals surface area contributed by atoms with Gasteiger partial charge in [0, 0.05) is 24.7 Å². The first-order chi connectivity index (χ1) is 10.6. The molecule has 0 aromatic carbocycles. The largest absolute Gasteiger partial charge is 0.339 e. The second-order valence-corrected chi connectivity index (χ2v) is 6.40. The zero-order valence-electron chi connectivity index (χ0n) is 13.0. The Bertz CT molecular complexity index is 550. The van der Waals surface area contributed by atoms with Crippen LogP contribution in [0, 0.1) is 12.8 Å². The second kappa shape index (κ2) is 6.46. The number of anilines is 1. The average Bonchev–Trinajstić information content (AvgIpc) is 3.04. The molecular formula is C17H23N3O2. The summed E-state index contributed by atoms with van der Waals surface area (Å²) in [5.41, 5.74) is 1.65. The number of carbonyl (C=O) groups excluding carboxylic acids is 2. The van der Waals surface area contributed by atoms with Gasteiger partial charge in [-0.15, -0.1) is 0 Å². The van der Waals surface area contributed by atoms with E-state index in [-0.39, 0.29) is 17.7 Å². The van der Waals surface area contributed by atoms with E-state index in [2.05, 4.69) is 10.3 Å². The Morgan fingerprint density at radius 1 is 1.27 bits per heavy atom. The molecule has 1 saturated carbocycles. The zero-order valence-corrected chi connectivity index (χ0v) is 13.0. The summed E-state index contributed by atoms with van der Waals surface area (Å²) in [5.74, 6) is 0.105. The third-order valence-corrected chi connectivity index (χ3v) is 4.76. The van der Waals surface area contributed by atoms with E-state index in [1.807, 2.05) is 24.0 Å². The van der Waals surface area contributed by atoms with Crippen LogP contribution in [0.15, 0.2) is 18.3 Å². The Balaban J connectivity index is 1.62. The Kier molecular flexibility index (Phi) is 4.41. The molecule has 1 aliphatic heterocycles. The monoisotopic (exact) mass is 301 g/mol. The van der Waals surface area contributed by atoms with Gasteiger partial charge in [0.1, 0.15) is 0 Å². The molecule has 5 nitrogen and oxygen atoms in total. The van der Waals surface area contributed by atoms with Crippen LogP contribution in [0.2, 0.25) is 0 Å². The van der Waals surface area contributed by atoms with E-state index in [0.29, 0.717) is 25.4 Å². The van der Waals surface area contributed by atoms with Gasteiger partial charge in [-0.1, -0.05) is 12.8 Å². The summed E-state index contributed by atoms with van der Waals surface area (Å²) in [6, 6.07) is 4.09. The van der Waals surface area contributed by atoms with Gasteiger partial charge in [-0.2, -0.15) is 0 Å². The SMILES string of the molecule is Cc1ccc(NC(=O)[C@H]2CCC(=O)N(C3CCCC3)C2)cn1. The first-order valence-electron chi connectivity index (χ1n) is 8.16. The number of likely N-dealkylation sites (tertiary alicyclic amines) is 1. The van der Waals surface area contributed by atoms with Crippen LogP contribution in [-0.4, -0.2) is 34.3 Å². The molecule has 0 spiro atoms. The third kappa shape index (κ3) is 3.29. The quantitative estimate of drug-likeness (QED) is 0.933. The lowest BCUT2D eigenvalue weighted by Crippen LogP contribution is -2.48. The smallest absolute Gasteiger partial charge is 0.229 e. The maximum Gasteiger partial charge on any atom is 0.229 e. The molecule has 0 bridgehead atoms. The highest BCUT2D eigenvalue weighted by Gasteiger charge is 2.35.